The smallest absolute Gasteiger partial charge is 0.420 e. The van der Waals surface area contributed by atoms with Crippen LogP contribution in [0.4, 0.5) is 17.6 Å². The fraction of sp³-hybridized carbons (Fsp3) is 0.562. The number of carbonyl (C=O) groups excluding carboxylic acids is 1. The quantitative estimate of drug-likeness (QED) is 0.482. The third kappa shape index (κ3) is 2.51. The summed E-state index contributed by atoms with van der Waals surface area (Å²) in [6.07, 6.45) is -5.98. The van der Waals surface area contributed by atoms with E-state index in [4.69, 9.17) is 9.47 Å². The second kappa shape index (κ2) is 4.93. The molecule has 1 aromatic rings. The van der Waals surface area contributed by atoms with Gasteiger partial charge in [0.25, 0.3) is 0 Å². The Morgan fingerprint density at radius 2 is 2.04 bits per heavy atom. The first-order valence-corrected chi connectivity index (χ1v) is 7.26. The summed E-state index contributed by atoms with van der Waals surface area (Å²) < 4.78 is 64.0. The van der Waals surface area contributed by atoms with Gasteiger partial charge >= 0.3 is 6.18 Å². The molecular weight excluding hydrogens is 316 g/mol. The van der Waals surface area contributed by atoms with Crippen molar-refractivity contribution in [2.45, 2.75) is 50.0 Å². The highest BCUT2D eigenvalue weighted by Crippen LogP contribution is 2.56. The maximum atomic E-state index is 13.8. The topological polar surface area (TPSA) is 38.8 Å². The van der Waals surface area contributed by atoms with Crippen molar-refractivity contribution in [3.63, 3.8) is 0 Å². The van der Waals surface area contributed by atoms with Gasteiger partial charge in [-0.25, -0.2) is 4.39 Å². The van der Waals surface area contributed by atoms with E-state index in [9.17, 15) is 22.4 Å². The van der Waals surface area contributed by atoms with Crippen molar-refractivity contribution in [2.24, 2.45) is 0 Å². The minimum absolute atomic E-state index is 0.163. The van der Waals surface area contributed by atoms with Crippen LogP contribution in [0.5, 0.6) is 5.75 Å². The SMILES string of the molecule is CC(C)(C[C@]1(C(F)(F)F)O[C@H]1C=O)c1cc(F)cc2c1OCC2. The molecule has 2 aliphatic heterocycles. The fourth-order valence-corrected chi connectivity index (χ4v) is 3.32. The number of ether oxygens (including phenoxy) is 2. The summed E-state index contributed by atoms with van der Waals surface area (Å²) in [6, 6.07) is 2.54. The molecule has 2 heterocycles. The second-order valence-electron chi connectivity index (χ2n) is 6.66. The van der Waals surface area contributed by atoms with Crippen molar-refractivity contribution >= 4 is 6.29 Å². The molecule has 3 nitrogen and oxygen atoms in total. The Morgan fingerprint density at radius 3 is 2.61 bits per heavy atom. The van der Waals surface area contributed by atoms with E-state index < -0.39 is 35.5 Å². The molecule has 7 heteroatoms. The van der Waals surface area contributed by atoms with E-state index in [0.717, 1.165) is 0 Å². The number of aldehydes is 1. The first kappa shape index (κ1) is 16.2. The maximum absolute atomic E-state index is 13.8. The summed E-state index contributed by atoms with van der Waals surface area (Å²) in [5.74, 6) is -0.0703. The van der Waals surface area contributed by atoms with E-state index in [1.54, 1.807) is 13.8 Å². The summed E-state index contributed by atoms with van der Waals surface area (Å²) >= 11 is 0. The van der Waals surface area contributed by atoms with Gasteiger partial charge in [0, 0.05) is 17.5 Å². The molecule has 0 saturated carbocycles. The molecule has 0 unspecified atom stereocenters. The minimum Gasteiger partial charge on any atom is -0.493 e. The lowest BCUT2D eigenvalue weighted by Crippen LogP contribution is -2.41. The third-order valence-corrected chi connectivity index (χ3v) is 4.53. The summed E-state index contributed by atoms with van der Waals surface area (Å²) in [5, 5.41) is 0. The largest absolute Gasteiger partial charge is 0.493 e. The molecule has 0 bridgehead atoms. The highest BCUT2D eigenvalue weighted by atomic mass is 19.4. The van der Waals surface area contributed by atoms with Gasteiger partial charge in [-0.2, -0.15) is 13.2 Å². The third-order valence-electron chi connectivity index (χ3n) is 4.53. The number of benzene rings is 1. The van der Waals surface area contributed by atoms with E-state index in [2.05, 4.69) is 0 Å². The number of carbonyl (C=O) groups is 1. The summed E-state index contributed by atoms with van der Waals surface area (Å²) in [4.78, 5) is 10.8. The predicted molar refractivity (Wildman–Crippen MR) is 73.0 cm³/mol. The second-order valence-corrected chi connectivity index (χ2v) is 6.66. The summed E-state index contributed by atoms with van der Waals surface area (Å²) in [7, 11) is 0. The lowest BCUT2D eigenvalue weighted by atomic mass is 9.75. The molecule has 0 N–H and O–H groups in total. The number of alkyl halides is 3. The molecule has 1 aromatic carbocycles. The minimum atomic E-state index is -4.67. The molecule has 23 heavy (non-hydrogen) atoms. The van der Waals surface area contributed by atoms with E-state index in [0.29, 0.717) is 29.9 Å². The Kier molecular flexibility index (Phi) is 3.48. The molecule has 1 fully saturated rings. The van der Waals surface area contributed by atoms with Crippen molar-refractivity contribution < 1.29 is 31.8 Å². The van der Waals surface area contributed by atoms with Gasteiger partial charge in [0.2, 0.25) is 0 Å². The number of halogens is 4. The molecule has 2 atom stereocenters. The van der Waals surface area contributed by atoms with E-state index >= 15 is 0 Å². The predicted octanol–water partition coefficient (Wildman–Crippen LogP) is 3.33. The Bertz CT molecular complexity index is 653. The molecule has 3 rings (SSSR count). The van der Waals surface area contributed by atoms with Crippen molar-refractivity contribution in [2.75, 3.05) is 6.61 Å². The highest BCUT2D eigenvalue weighted by Gasteiger charge is 2.74. The van der Waals surface area contributed by atoms with Crippen LogP contribution >= 0.6 is 0 Å². The zero-order valence-electron chi connectivity index (χ0n) is 12.7. The van der Waals surface area contributed by atoms with Crippen LogP contribution in [0.15, 0.2) is 12.1 Å². The lowest BCUT2D eigenvalue weighted by molar-refractivity contribution is -0.189. The molecule has 0 aromatic heterocycles. The monoisotopic (exact) mass is 332 g/mol. The van der Waals surface area contributed by atoms with Crippen LogP contribution in [0.1, 0.15) is 31.4 Å². The van der Waals surface area contributed by atoms with E-state index in [-0.39, 0.29) is 6.29 Å². The summed E-state index contributed by atoms with van der Waals surface area (Å²) in [6.45, 7) is 3.52. The van der Waals surface area contributed by atoms with Gasteiger partial charge < -0.3 is 14.3 Å². The van der Waals surface area contributed by atoms with Crippen molar-refractivity contribution in [3.8, 4) is 5.75 Å². The van der Waals surface area contributed by atoms with Gasteiger partial charge in [0.15, 0.2) is 18.0 Å². The van der Waals surface area contributed by atoms with Gasteiger partial charge in [-0.05, 0) is 24.0 Å². The van der Waals surface area contributed by atoms with Crippen LogP contribution in [0, 0.1) is 5.82 Å². The zero-order chi connectivity index (χ0) is 17.0. The molecule has 0 radical (unpaired) electrons. The molecule has 0 amide bonds. The van der Waals surface area contributed by atoms with E-state index in [1.165, 1.54) is 12.1 Å². The first-order chi connectivity index (χ1) is 10.6. The Hall–Kier alpha value is -1.63. The van der Waals surface area contributed by atoms with Gasteiger partial charge in [-0.3, -0.25) is 0 Å². The standard InChI is InChI=1S/C16H16F4O3/c1-14(2,8-15(16(18,19)20)12(7-21)23-15)11-6-10(17)5-9-3-4-22-13(9)11/h5-7,12H,3-4,8H2,1-2H3/t12-,15-/m0/s1. The highest BCUT2D eigenvalue weighted by molar-refractivity contribution is 5.64. The molecule has 2 aliphatic rings. The lowest BCUT2D eigenvalue weighted by Gasteiger charge is -2.31. The van der Waals surface area contributed by atoms with Crippen molar-refractivity contribution in [1.82, 2.24) is 0 Å². The van der Waals surface area contributed by atoms with Crippen molar-refractivity contribution in [3.05, 3.63) is 29.1 Å². The average molecular weight is 332 g/mol. The van der Waals surface area contributed by atoms with Crippen LogP contribution in [-0.2, 0) is 21.4 Å². The van der Waals surface area contributed by atoms with Crippen LogP contribution in [-0.4, -0.2) is 30.8 Å². The van der Waals surface area contributed by atoms with Gasteiger partial charge in [0.1, 0.15) is 11.6 Å². The Balaban J connectivity index is 1.99. The molecule has 0 spiro atoms. The Labute approximate surface area is 130 Å². The number of epoxide rings is 1. The summed E-state index contributed by atoms with van der Waals surface area (Å²) in [5.41, 5.74) is -2.56. The van der Waals surface area contributed by atoms with Gasteiger partial charge in [-0.1, -0.05) is 13.8 Å². The van der Waals surface area contributed by atoms with Gasteiger partial charge in [0.05, 0.1) is 6.61 Å². The number of hydrogen-bond donors (Lipinski definition) is 0. The van der Waals surface area contributed by atoms with Crippen LogP contribution in [0.2, 0.25) is 0 Å². The molecule has 126 valence electrons. The average Bonchev–Trinajstić information content (AvgIpc) is 2.95. The van der Waals surface area contributed by atoms with Crippen LogP contribution < -0.4 is 4.74 Å². The molecular formula is C16H16F4O3. The number of rotatable bonds is 4. The van der Waals surface area contributed by atoms with Crippen molar-refractivity contribution in [1.29, 1.82) is 0 Å². The maximum Gasteiger partial charge on any atom is 0.420 e. The zero-order valence-corrected chi connectivity index (χ0v) is 12.7. The normalized spacial score (nSPS) is 26.6. The van der Waals surface area contributed by atoms with Crippen LogP contribution in [0.3, 0.4) is 0 Å². The Morgan fingerprint density at radius 1 is 1.35 bits per heavy atom. The number of hydrogen-bond acceptors (Lipinski definition) is 3. The first-order valence-electron chi connectivity index (χ1n) is 7.26. The van der Waals surface area contributed by atoms with E-state index in [1.807, 2.05) is 0 Å². The fourth-order valence-electron chi connectivity index (χ4n) is 3.32. The van der Waals surface area contributed by atoms with Crippen LogP contribution in [0.25, 0.3) is 0 Å². The molecule has 0 aliphatic carbocycles. The van der Waals surface area contributed by atoms with Gasteiger partial charge in [-0.15, -0.1) is 0 Å². The number of fused-ring (bicyclic) bond motifs is 1. The molecule has 1 saturated heterocycles.